The SMILES string of the molecule is CCN1CC(Oc2nn(CC(=O)N3CCc4[nH]nnc4C3)cc2-c2cnc(NC3Cc4ccccc4C3)nc2)C1. The van der Waals surface area contributed by atoms with Crippen molar-refractivity contribution in [3.05, 3.63) is 65.4 Å². The molecule has 206 valence electrons. The fraction of sp³-hybridized carbons (Fsp3) is 0.429. The number of nitrogens with one attached hydrogen (secondary N) is 2. The van der Waals surface area contributed by atoms with Gasteiger partial charge in [-0.15, -0.1) is 10.2 Å². The number of ether oxygens (including phenoxy) is 1. The molecule has 0 atom stereocenters. The lowest BCUT2D eigenvalue weighted by molar-refractivity contribution is -0.133. The molecule has 12 nitrogen and oxygen atoms in total. The van der Waals surface area contributed by atoms with E-state index >= 15 is 0 Å². The van der Waals surface area contributed by atoms with Crippen LogP contribution in [0.5, 0.6) is 5.88 Å². The number of likely N-dealkylation sites (tertiary alicyclic amines) is 1. The lowest BCUT2D eigenvalue weighted by atomic mass is 10.1. The summed E-state index contributed by atoms with van der Waals surface area (Å²) >= 11 is 0. The third kappa shape index (κ3) is 4.90. The third-order valence-corrected chi connectivity index (χ3v) is 8.05. The van der Waals surface area contributed by atoms with E-state index in [1.54, 1.807) is 22.0 Å². The van der Waals surface area contributed by atoms with Crippen LogP contribution in [0, 0.1) is 0 Å². The number of amides is 1. The number of rotatable bonds is 8. The van der Waals surface area contributed by atoms with Crippen molar-refractivity contribution in [3.63, 3.8) is 0 Å². The second-order valence-corrected chi connectivity index (χ2v) is 10.8. The van der Waals surface area contributed by atoms with Crippen LogP contribution in [0.3, 0.4) is 0 Å². The van der Waals surface area contributed by atoms with Gasteiger partial charge in [0.2, 0.25) is 17.7 Å². The number of anilines is 1. The normalized spacial score (nSPS) is 17.4. The Hall–Kier alpha value is -4.32. The Morgan fingerprint density at radius 3 is 2.67 bits per heavy atom. The summed E-state index contributed by atoms with van der Waals surface area (Å²) in [6.07, 6.45) is 8.15. The van der Waals surface area contributed by atoms with E-state index in [2.05, 4.69) is 71.9 Å². The molecule has 1 aliphatic carbocycles. The number of H-pyrrole nitrogens is 1. The maximum absolute atomic E-state index is 13.1. The van der Waals surface area contributed by atoms with E-state index in [1.807, 2.05) is 6.20 Å². The largest absolute Gasteiger partial charge is 0.470 e. The van der Waals surface area contributed by atoms with Crippen molar-refractivity contribution in [2.75, 3.05) is 31.5 Å². The van der Waals surface area contributed by atoms with E-state index in [0.717, 1.165) is 55.0 Å². The van der Waals surface area contributed by atoms with Crippen molar-refractivity contribution in [1.82, 2.24) is 45.0 Å². The molecule has 0 spiro atoms. The fourth-order valence-electron chi connectivity index (χ4n) is 5.72. The van der Waals surface area contributed by atoms with Crippen molar-refractivity contribution in [1.29, 1.82) is 0 Å². The summed E-state index contributed by atoms with van der Waals surface area (Å²) in [4.78, 5) is 26.5. The molecule has 12 heteroatoms. The highest BCUT2D eigenvalue weighted by Crippen LogP contribution is 2.31. The Kier molecular flexibility index (Phi) is 6.39. The predicted octanol–water partition coefficient (Wildman–Crippen LogP) is 1.71. The first-order valence-corrected chi connectivity index (χ1v) is 13.9. The maximum Gasteiger partial charge on any atom is 0.244 e. The van der Waals surface area contributed by atoms with Crippen molar-refractivity contribution in [2.24, 2.45) is 0 Å². The molecule has 0 saturated carbocycles. The molecule has 2 aliphatic heterocycles. The van der Waals surface area contributed by atoms with Crippen LogP contribution in [0.4, 0.5) is 5.95 Å². The standard InChI is InChI=1S/C28H32N10O2/c1-2-36-13-22(14-36)40-27-23(15-38(34-27)17-26(39)37-8-7-24-25(16-37)33-35-32-24)20-11-29-28(30-12-20)31-21-9-18-5-3-4-6-19(18)10-21/h3-6,11-12,15,21-22H,2,7-10,13-14,16-17H2,1H3,(H,29,30,31)(H,32,33,35). The molecular formula is C28H32N10O2. The van der Waals surface area contributed by atoms with Gasteiger partial charge in [-0.3, -0.25) is 19.5 Å². The molecule has 7 rings (SSSR count). The van der Waals surface area contributed by atoms with Crippen LogP contribution in [0.25, 0.3) is 11.1 Å². The van der Waals surface area contributed by atoms with Crippen LogP contribution in [0.1, 0.15) is 29.4 Å². The summed E-state index contributed by atoms with van der Waals surface area (Å²) < 4.78 is 7.95. The number of carbonyl (C=O) groups excluding carboxylic acids is 1. The summed E-state index contributed by atoms with van der Waals surface area (Å²) in [6.45, 7) is 6.03. The van der Waals surface area contributed by atoms with Gasteiger partial charge in [0.25, 0.3) is 0 Å². The van der Waals surface area contributed by atoms with Gasteiger partial charge in [-0.25, -0.2) is 9.97 Å². The third-order valence-electron chi connectivity index (χ3n) is 8.05. The summed E-state index contributed by atoms with van der Waals surface area (Å²) in [6, 6.07) is 8.82. The lowest BCUT2D eigenvalue weighted by Crippen LogP contribution is -2.53. The molecule has 1 fully saturated rings. The van der Waals surface area contributed by atoms with E-state index in [1.165, 1.54) is 11.1 Å². The first kappa shape index (κ1) is 24.7. The number of aromatic nitrogens is 7. The van der Waals surface area contributed by atoms with Crippen molar-refractivity contribution >= 4 is 11.9 Å². The van der Waals surface area contributed by atoms with Crippen LogP contribution in [-0.2, 0) is 37.1 Å². The average Bonchev–Trinajstić information content (AvgIpc) is 3.68. The molecule has 40 heavy (non-hydrogen) atoms. The van der Waals surface area contributed by atoms with Gasteiger partial charge >= 0.3 is 0 Å². The minimum atomic E-state index is -0.0246. The Morgan fingerprint density at radius 1 is 1.15 bits per heavy atom. The van der Waals surface area contributed by atoms with E-state index in [0.29, 0.717) is 31.3 Å². The van der Waals surface area contributed by atoms with Crippen LogP contribution in [0.2, 0.25) is 0 Å². The summed E-state index contributed by atoms with van der Waals surface area (Å²) in [7, 11) is 0. The first-order chi connectivity index (χ1) is 19.6. The van der Waals surface area contributed by atoms with Gasteiger partial charge in [0.05, 0.1) is 17.8 Å². The number of aromatic amines is 1. The minimum absolute atomic E-state index is 0.0246. The monoisotopic (exact) mass is 540 g/mol. The van der Waals surface area contributed by atoms with Crippen LogP contribution >= 0.6 is 0 Å². The summed E-state index contributed by atoms with van der Waals surface area (Å²) in [5, 5.41) is 19.0. The molecule has 0 unspecified atom stereocenters. The van der Waals surface area contributed by atoms with E-state index in [9.17, 15) is 4.79 Å². The molecule has 3 aromatic heterocycles. The predicted molar refractivity (Wildman–Crippen MR) is 147 cm³/mol. The van der Waals surface area contributed by atoms with Gasteiger partial charge in [-0.05, 0) is 30.5 Å². The van der Waals surface area contributed by atoms with Crippen molar-refractivity contribution in [3.8, 4) is 17.0 Å². The smallest absolute Gasteiger partial charge is 0.244 e. The highest BCUT2D eigenvalue weighted by molar-refractivity contribution is 5.76. The zero-order valence-electron chi connectivity index (χ0n) is 22.5. The number of likely N-dealkylation sites (N-methyl/N-ethyl adjacent to an activating group) is 1. The number of fused-ring (bicyclic) bond motifs is 2. The molecule has 1 aromatic carbocycles. The number of hydrogen-bond donors (Lipinski definition) is 2. The fourth-order valence-corrected chi connectivity index (χ4v) is 5.72. The average molecular weight is 541 g/mol. The van der Waals surface area contributed by atoms with Gasteiger partial charge in [0, 0.05) is 56.3 Å². The van der Waals surface area contributed by atoms with Crippen molar-refractivity contribution in [2.45, 2.75) is 51.4 Å². The lowest BCUT2D eigenvalue weighted by Gasteiger charge is -2.37. The van der Waals surface area contributed by atoms with E-state index < -0.39 is 0 Å². The first-order valence-electron chi connectivity index (χ1n) is 13.9. The highest BCUT2D eigenvalue weighted by atomic mass is 16.5. The topological polar surface area (TPSA) is 130 Å². The summed E-state index contributed by atoms with van der Waals surface area (Å²) in [5.41, 5.74) is 6.15. The Morgan fingerprint density at radius 2 is 1.93 bits per heavy atom. The van der Waals surface area contributed by atoms with Crippen LogP contribution < -0.4 is 10.1 Å². The number of nitrogens with zero attached hydrogens (tertiary/aromatic N) is 8. The zero-order chi connectivity index (χ0) is 27.1. The van der Waals surface area contributed by atoms with Gasteiger partial charge in [-0.2, -0.15) is 0 Å². The van der Waals surface area contributed by atoms with Gasteiger partial charge in [0.1, 0.15) is 18.3 Å². The molecule has 3 aliphatic rings. The van der Waals surface area contributed by atoms with Crippen molar-refractivity contribution < 1.29 is 9.53 Å². The van der Waals surface area contributed by atoms with Gasteiger partial charge in [0.15, 0.2) is 0 Å². The van der Waals surface area contributed by atoms with Gasteiger partial charge < -0.3 is 15.0 Å². The second kappa shape index (κ2) is 10.3. The second-order valence-electron chi connectivity index (χ2n) is 10.8. The maximum atomic E-state index is 13.1. The molecule has 0 radical (unpaired) electrons. The van der Waals surface area contributed by atoms with Crippen LogP contribution in [0.15, 0.2) is 42.9 Å². The van der Waals surface area contributed by atoms with E-state index in [-0.39, 0.29) is 24.6 Å². The quantitative estimate of drug-likeness (QED) is 0.343. The minimum Gasteiger partial charge on any atom is -0.470 e. The number of carbonyl (C=O) groups is 1. The number of hydrogen-bond acceptors (Lipinski definition) is 9. The van der Waals surface area contributed by atoms with E-state index in [4.69, 9.17) is 4.74 Å². The molecular weight excluding hydrogens is 508 g/mol. The zero-order valence-corrected chi connectivity index (χ0v) is 22.5. The molecule has 5 heterocycles. The highest BCUT2D eigenvalue weighted by Gasteiger charge is 2.30. The Balaban J connectivity index is 1.07. The molecule has 2 N–H and O–H groups in total. The number of benzene rings is 1. The Labute approximate surface area is 231 Å². The summed E-state index contributed by atoms with van der Waals surface area (Å²) in [5.74, 6) is 1.08. The molecule has 1 saturated heterocycles. The van der Waals surface area contributed by atoms with Crippen LogP contribution in [-0.4, -0.2) is 89.2 Å². The Bertz CT molecular complexity index is 1480. The molecule has 0 bridgehead atoms. The van der Waals surface area contributed by atoms with Gasteiger partial charge in [-0.1, -0.05) is 36.4 Å². The molecule has 4 aromatic rings. The molecule has 1 amide bonds.